The van der Waals surface area contributed by atoms with Crippen molar-refractivity contribution in [2.45, 2.75) is 25.7 Å². The van der Waals surface area contributed by atoms with Crippen molar-refractivity contribution in [3.05, 3.63) is 81.8 Å². The Hall–Kier alpha value is -3.46. The average molecular weight is 428 g/mol. The molecule has 3 aromatic rings. The summed E-state index contributed by atoms with van der Waals surface area (Å²) in [7, 11) is -4.31. The lowest BCUT2D eigenvalue weighted by Crippen LogP contribution is -2.26. The lowest BCUT2D eigenvalue weighted by atomic mass is 10.2. The number of hydrogen-bond acceptors (Lipinski definition) is 7. The van der Waals surface area contributed by atoms with Crippen molar-refractivity contribution in [1.82, 2.24) is 9.78 Å². The maximum Gasteiger partial charge on any atom is 0.362 e. The minimum absolute atomic E-state index is 0.0358. The molecular formula is C21H20N2O6S. The van der Waals surface area contributed by atoms with Gasteiger partial charge in [0.25, 0.3) is 5.56 Å². The van der Waals surface area contributed by atoms with Crippen LogP contribution >= 0.6 is 0 Å². The Morgan fingerprint density at radius 3 is 2.47 bits per heavy atom. The van der Waals surface area contributed by atoms with Gasteiger partial charge < -0.3 is 8.92 Å². The van der Waals surface area contributed by atoms with Crippen LogP contribution in [-0.2, 0) is 14.9 Å². The lowest BCUT2D eigenvalue weighted by Gasteiger charge is -2.13. The number of aryl methyl sites for hydroxylation is 2. The Labute approximate surface area is 173 Å². The zero-order valence-electron chi connectivity index (χ0n) is 16.7. The highest BCUT2D eigenvalue weighted by Crippen LogP contribution is 2.23. The van der Waals surface area contributed by atoms with Crippen LogP contribution < -0.4 is 9.74 Å². The summed E-state index contributed by atoms with van der Waals surface area (Å²) in [6, 6.07) is 13.9. The molecule has 8 nitrogen and oxygen atoms in total. The van der Waals surface area contributed by atoms with Crippen molar-refractivity contribution in [3.63, 3.8) is 0 Å². The molecule has 1 aromatic heterocycles. The van der Waals surface area contributed by atoms with E-state index in [0.717, 1.165) is 16.3 Å². The molecule has 3 rings (SSSR count). The number of carbonyl (C=O) groups excluding carboxylic acids is 1. The normalized spacial score (nSPS) is 11.2. The van der Waals surface area contributed by atoms with Gasteiger partial charge in [0, 0.05) is 0 Å². The highest BCUT2D eigenvalue weighted by atomic mass is 32.2. The van der Waals surface area contributed by atoms with Crippen molar-refractivity contribution in [2.24, 2.45) is 0 Å². The van der Waals surface area contributed by atoms with Crippen molar-refractivity contribution in [3.8, 4) is 11.4 Å². The third-order valence-electron chi connectivity index (χ3n) is 4.19. The maximum absolute atomic E-state index is 12.7. The molecule has 0 aliphatic heterocycles. The molecule has 0 aliphatic carbocycles. The van der Waals surface area contributed by atoms with Crippen LogP contribution in [0.15, 0.2) is 64.3 Å². The molecule has 9 heteroatoms. The van der Waals surface area contributed by atoms with Crippen LogP contribution in [0.5, 0.6) is 5.75 Å². The second-order valence-corrected chi connectivity index (χ2v) is 8.01. The minimum atomic E-state index is -4.31. The van der Waals surface area contributed by atoms with Gasteiger partial charge in [0.15, 0.2) is 5.75 Å². The van der Waals surface area contributed by atoms with Gasteiger partial charge >= 0.3 is 16.1 Å². The van der Waals surface area contributed by atoms with Gasteiger partial charge in [-0.25, -0.2) is 4.79 Å². The fourth-order valence-electron chi connectivity index (χ4n) is 2.76. The molecule has 0 spiro atoms. The molecule has 0 radical (unpaired) electrons. The standard InChI is InChI=1S/C21H20N2O6S/c1-4-28-21(25)20-18(29-30(26,27)16-10-7-8-14(2)12-16)13-19(24)23(22-20)17-11-6-5-9-15(17)3/h5-13H,4H2,1-3H3. The molecule has 0 bridgehead atoms. The fourth-order valence-corrected chi connectivity index (χ4v) is 3.79. The third-order valence-corrected chi connectivity index (χ3v) is 5.42. The van der Waals surface area contributed by atoms with E-state index in [2.05, 4.69) is 5.10 Å². The smallest absolute Gasteiger partial charge is 0.362 e. The molecule has 30 heavy (non-hydrogen) atoms. The average Bonchev–Trinajstić information content (AvgIpc) is 2.69. The molecule has 0 saturated heterocycles. The zero-order valence-corrected chi connectivity index (χ0v) is 17.5. The van der Waals surface area contributed by atoms with E-state index >= 15 is 0 Å². The zero-order chi connectivity index (χ0) is 21.9. The summed E-state index contributed by atoms with van der Waals surface area (Å²) in [5.41, 5.74) is 0.810. The minimum Gasteiger partial charge on any atom is -0.461 e. The highest BCUT2D eigenvalue weighted by Gasteiger charge is 2.25. The predicted octanol–water partition coefficient (Wildman–Crippen LogP) is 2.79. The Morgan fingerprint density at radius 1 is 1.07 bits per heavy atom. The Bertz CT molecular complexity index is 1260. The Balaban J connectivity index is 2.14. The van der Waals surface area contributed by atoms with Crippen LogP contribution in [0.1, 0.15) is 28.5 Å². The number of carbonyl (C=O) groups is 1. The monoisotopic (exact) mass is 428 g/mol. The van der Waals surface area contributed by atoms with Gasteiger partial charge in [-0.1, -0.05) is 30.3 Å². The first-order valence-electron chi connectivity index (χ1n) is 9.11. The number of para-hydroxylation sites is 1. The van der Waals surface area contributed by atoms with E-state index in [9.17, 15) is 18.0 Å². The molecule has 1 heterocycles. The van der Waals surface area contributed by atoms with Crippen LogP contribution in [0, 0.1) is 13.8 Å². The quantitative estimate of drug-likeness (QED) is 0.439. The van der Waals surface area contributed by atoms with Gasteiger partial charge in [0.2, 0.25) is 5.69 Å². The number of esters is 1. The van der Waals surface area contributed by atoms with E-state index in [1.165, 1.54) is 12.1 Å². The molecule has 2 aromatic carbocycles. The van der Waals surface area contributed by atoms with E-state index in [1.54, 1.807) is 57.2 Å². The topological polar surface area (TPSA) is 105 Å². The summed E-state index contributed by atoms with van der Waals surface area (Å²) in [6.45, 7) is 5.14. The molecule has 0 unspecified atom stereocenters. The van der Waals surface area contributed by atoms with E-state index in [-0.39, 0.29) is 11.5 Å². The summed E-state index contributed by atoms with van der Waals surface area (Å²) in [5.74, 6) is -1.40. The van der Waals surface area contributed by atoms with Crippen LogP contribution in [0.3, 0.4) is 0 Å². The number of hydrogen-bond donors (Lipinski definition) is 0. The van der Waals surface area contributed by atoms with Gasteiger partial charge in [-0.2, -0.15) is 18.2 Å². The molecule has 0 amide bonds. The van der Waals surface area contributed by atoms with Gasteiger partial charge in [-0.05, 0) is 50.1 Å². The molecular weight excluding hydrogens is 408 g/mol. The van der Waals surface area contributed by atoms with Crippen molar-refractivity contribution in [1.29, 1.82) is 0 Å². The summed E-state index contributed by atoms with van der Waals surface area (Å²) in [4.78, 5) is 25.0. The SMILES string of the molecule is CCOC(=O)c1nn(-c2ccccc2C)c(=O)cc1OS(=O)(=O)c1cccc(C)c1. The molecule has 0 fully saturated rings. The second kappa shape index (κ2) is 8.50. The first kappa shape index (κ1) is 21.3. The van der Waals surface area contributed by atoms with Crippen LogP contribution in [-0.4, -0.2) is 30.8 Å². The van der Waals surface area contributed by atoms with E-state index in [1.807, 2.05) is 0 Å². The van der Waals surface area contributed by atoms with Gasteiger partial charge in [0.1, 0.15) is 4.90 Å². The van der Waals surface area contributed by atoms with E-state index in [4.69, 9.17) is 8.92 Å². The first-order valence-corrected chi connectivity index (χ1v) is 10.5. The van der Waals surface area contributed by atoms with Crippen molar-refractivity contribution in [2.75, 3.05) is 6.61 Å². The van der Waals surface area contributed by atoms with Gasteiger partial charge in [-0.3, -0.25) is 4.79 Å². The van der Waals surface area contributed by atoms with Gasteiger partial charge in [-0.15, -0.1) is 0 Å². The molecule has 0 saturated carbocycles. The Morgan fingerprint density at radius 2 is 1.80 bits per heavy atom. The van der Waals surface area contributed by atoms with Crippen LogP contribution in [0.25, 0.3) is 5.69 Å². The predicted molar refractivity (Wildman–Crippen MR) is 110 cm³/mol. The van der Waals surface area contributed by atoms with E-state index < -0.39 is 33.1 Å². The molecule has 0 atom stereocenters. The summed E-state index contributed by atoms with van der Waals surface area (Å²) >= 11 is 0. The van der Waals surface area contributed by atoms with E-state index in [0.29, 0.717) is 11.3 Å². The second-order valence-electron chi connectivity index (χ2n) is 6.47. The Kier molecular flexibility index (Phi) is 6.02. The molecule has 0 N–H and O–H groups in total. The number of ether oxygens (including phenoxy) is 1. The fraction of sp³-hybridized carbons (Fsp3) is 0.190. The molecule has 0 aliphatic rings. The number of nitrogens with zero attached hydrogens (tertiary/aromatic N) is 2. The number of benzene rings is 2. The maximum atomic E-state index is 12.7. The third kappa shape index (κ3) is 4.41. The number of rotatable bonds is 6. The number of aromatic nitrogens is 2. The highest BCUT2D eigenvalue weighted by molar-refractivity contribution is 7.87. The van der Waals surface area contributed by atoms with Crippen LogP contribution in [0.4, 0.5) is 0 Å². The molecule has 156 valence electrons. The van der Waals surface area contributed by atoms with Crippen LogP contribution in [0.2, 0.25) is 0 Å². The van der Waals surface area contributed by atoms with Crippen molar-refractivity contribution < 1.29 is 22.1 Å². The summed E-state index contributed by atoms with van der Waals surface area (Å²) < 4.78 is 36.5. The lowest BCUT2D eigenvalue weighted by molar-refractivity contribution is 0.0515. The largest absolute Gasteiger partial charge is 0.461 e. The summed E-state index contributed by atoms with van der Waals surface area (Å²) in [5, 5.41) is 4.06. The van der Waals surface area contributed by atoms with Crippen molar-refractivity contribution >= 4 is 16.1 Å². The first-order chi connectivity index (χ1) is 14.2. The van der Waals surface area contributed by atoms with Gasteiger partial charge in [0.05, 0.1) is 18.4 Å². The summed E-state index contributed by atoms with van der Waals surface area (Å²) in [6.07, 6.45) is 0.